The van der Waals surface area contributed by atoms with Crippen LogP contribution >= 0.6 is 22.9 Å². The third-order valence-corrected chi connectivity index (χ3v) is 4.00. The molecule has 1 aliphatic heterocycles. The summed E-state index contributed by atoms with van der Waals surface area (Å²) in [4.78, 5) is 21.4. The van der Waals surface area contributed by atoms with Crippen molar-refractivity contribution in [2.24, 2.45) is 5.10 Å². The van der Waals surface area contributed by atoms with Crippen LogP contribution in [-0.4, -0.2) is 57.6 Å². The Kier molecular flexibility index (Phi) is 4.73. The molecule has 1 aromatic rings. The van der Waals surface area contributed by atoms with Gasteiger partial charge < -0.3 is 9.80 Å². The van der Waals surface area contributed by atoms with E-state index in [1.54, 1.807) is 18.1 Å². The zero-order chi connectivity index (χ0) is 14.7. The molecule has 1 aliphatic rings. The smallest absolute Gasteiger partial charge is 0.276 e. The summed E-state index contributed by atoms with van der Waals surface area (Å²) in [7, 11) is 1.79. The van der Waals surface area contributed by atoms with E-state index in [2.05, 4.69) is 15.0 Å². The van der Waals surface area contributed by atoms with Crippen LogP contribution in [0.1, 0.15) is 11.8 Å². The largest absolute Gasteiger partial charge is 0.328 e. The van der Waals surface area contributed by atoms with Crippen molar-refractivity contribution in [2.75, 3.05) is 26.9 Å². The lowest BCUT2D eigenvalue weighted by Crippen LogP contribution is -2.57. The van der Waals surface area contributed by atoms with Crippen molar-refractivity contribution in [3.63, 3.8) is 0 Å². The Balaban J connectivity index is 2.21. The van der Waals surface area contributed by atoms with Crippen LogP contribution in [-0.2, 0) is 6.54 Å². The van der Waals surface area contributed by atoms with Crippen molar-refractivity contribution in [2.45, 2.75) is 13.5 Å². The van der Waals surface area contributed by atoms with Crippen molar-refractivity contribution in [3.8, 4) is 0 Å². The second kappa shape index (κ2) is 6.33. The van der Waals surface area contributed by atoms with E-state index < -0.39 is 5.03 Å². The van der Waals surface area contributed by atoms with Gasteiger partial charge in [0.2, 0.25) is 0 Å². The van der Waals surface area contributed by atoms with E-state index in [4.69, 9.17) is 11.6 Å². The minimum Gasteiger partial charge on any atom is -0.328 e. The van der Waals surface area contributed by atoms with Crippen molar-refractivity contribution in [1.29, 1.82) is 0 Å². The molecule has 2 heterocycles. The van der Waals surface area contributed by atoms with Crippen molar-refractivity contribution < 1.29 is 5.03 Å². The third-order valence-electron chi connectivity index (χ3n) is 2.90. The van der Waals surface area contributed by atoms with Crippen molar-refractivity contribution in [1.82, 2.24) is 19.7 Å². The lowest BCUT2D eigenvalue weighted by Gasteiger charge is -2.41. The van der Waals surface area contributed by atoms with Crippen LogP contribution in [0.3, 0.4) is 0 Å². The molecule has 0 spiro atoms. The fourth-order valence-electron chi connectivity index (χ4n) is 2.03. The van der Waals surface area contributed by atoms with Gasteiger partial charge in [-0.25, -0.2) is 15.1 Å². The molecule has 0 unspecified atom stereocenters. The van der Waals surface area contributed by atoms with Gasteiger partial charge in [-0.1, -0.05) is 18.5 Å². The van der Waals surface area contributed by atoms with Crippen LogP contribution in [0.5, 0.6) is 0 Å². The molecule has 1 fully saturated rings. The number of aromatic nitrogens is 1. The van der Waals surface area contributed by atoms with Gasteiger partial charge in [-0.15, -0.1) is 11.3 Å². The van der Waals surface area contributed by atoms with Crippen LogP contribution in [0.15, 0.2) is 11.3 Å². The molecule has 0 bridgehead atoms. The molecule has 0 N–H and O–H groups in total. The van der Waals surface area contributed by atoms with Gasteiger partial charge in [-0.05, 0) is 6.54 Å². The molecule has 0 radical (unpaired) electrons. The summed E-state index contributed by atoms with van der Waals surface area (Å²) in [5.74, 6) is 0.351. The Morgan fingerprint density at radius 1 is 1.60 bits per heavy atom. The zero-order valence-electron chi connectivity index (χ0n) is 11.2. The Morgan fingerprint density at radius 2 is 2.35 bits per heavy atom. The van der Waals surface area contributed by atoms with Crippen molar-refractivity contribution >= 4 is 28.9 Å². The van der Waals surface area contributed by atoms with Gasteiger partial charge in [-0.3, -0.25) is 4.90 Å². The summed E-state index contributed by atoms with van der Waals surface area (Å²) in [6, 6.07) is 0. The first-order chi connectivity index (χ1) is 9.49. The van der Waals surface area contributed by atoms with E-state index in [9.17, 15) is 10.1 Å². The van der Waals surface area contributed by atoms with E-state index >= 15 is 0 Å². The summed E-state index contributed by atoms with van der Waals surface area (Å²) in [6.07, 6.45) is 1.68. The molecule has 2 rings (SSSR count). The summed E-state index contributed by atoms with van der Waals surface area (Å²) in [6.45, 7) is 4.60. The van der Waals surface area contributed by atoms with E-state index in [0.29, 0.717) is 30.3 Å². The zero-order valence-corrected chi connectivity index (χ0v) is 12.8. The van der Waals surface area contributed by atoms with Gasteiger partial charge in [0.15, 0.2) is 9.50 Å². The number of thiazole rings is 1. The van der Waals surface area contributed by atoms with Gasteiger partial charge in [0, 0.05) is 18.1 Å². The van der Waals surface area contributed by atoms with E-state index in [1.165, 1.54) is 11.3 Å². The molecule has 0 atom stereocenters. The fraction of sp³-hybridized carbons (Fsp3) is 0.600. The molecule has 0 aromatic carbocycles. The Bertz CT molecular complexity index is 522. The summed E-state index contributed by atoms with van der Waals surface area (Å²) in [5, 5.41) is 13.5. The molecule has 0 saturated carbocycles. The highest BCUT2D eigenvalue weighted by Gasteiger charge is 2.28. The predicted molar refractivity (Wildman–Crippen MR) is 77.0 cm³/mol. The maximum atomic E-state index is 10.7. The van der Waals surface area contributed by atoms with E-state index in [-0.39, 0.29) is 0 Å². The molecule has 0 amide bonds. The maximum Gasteiger partial charge on any atom is 0.276 e. The monoisotopic (exact) mass is 318 g/mol. The van der Waals surface area contributed by atoms with Gasteiger partial charge in [0.05, 0.1) is 19.9 Å². The molecular formula is C10H15ClN6O2S. The first-order valence-corrected chi connectivity index (χ1v) is 7.20. The Morgan fingerprint density at radius 3 is 2.90 bits per heavy atom. The average molecular weight is 319 g/mol. The summed E-state index contributed by atoms with van der Waals surface area (Å²) < 4.78 is 0.463. The Labute approximate surface area is 125 Å². The van der Waals surface area contributed by atoms with E-state index in [1.807, 2.05) is 11.8 Å². The maximum absolute atomic E-state index is 10.7. The second-order valence-electron chi connectivity index (χ2n) is 4.38. The Hall–Kier alpha value is -1.45. The average Bonchev–Trinajstić information content (AvgIpc) is 2.78. The number of rotatable bonds is 4. The van der Waals surface area contributed by atoms with Gasteiger partial charge in [0.25, 0.3) is 5.96 Å². The number of nitrogens with zero attached hydrogens (tertiary/aromatic N) is 6. The molecular weight excluding hydrogens is 304 g/mol. The number of hydrogen-bond acceptors (Lipinski definition) is 5. The number of nitro groups is 1. The van der Waals surface area contributed by atoms with Crippen LogP contribution in [0.2, 0.25) is 4.47 Å². The minimum atomic E-state index is -0.667. The highest BCUT2D eigenvalue weighted by Crippen LogP contribution is 2.21. The fourth-order valence-corrected chi connectivity index (χ4v) is 3.03. The molecule has 8 nitrogen and oxygen atoms in total. The summed E-state index contributed by atoms with van der Waals surface area (Å²) in [5.41, 5.74) is 0. The van der Waals surface area contributed by atoms with Crippen molar-refractivity contribution in [3.05, 3.63) is 25.7 Å². The molecule has 110 valence electrons. The lowest BCUT2D eigenvalue weighted by atomic mass is 10.4. The standard InChI is InChI=1S/C10H15ClN6O2S/c1-3-15-6-14(2)10(13-17(18)19)16(7-15)5-8-4-12-9(11)20-8/h4H,3,5-7H2,1-2H3/b13-10-. The number of hydrazone groups is 1. The first-order valence-electron chi connectivity index (χ1n) is 6.01. The quantitative estimate of drug-likeness (QED) is 0.615. The second-order valence-corrected chi connectivity index (χ2v) is 6.08. The molecule has 1 aromatic heterocycles. The summed E-state index contributed by atoms with van der Waals surface area (Å²) >= 11 is 7.18. The van der Waals surface area contributed by atoms with Gasteiger partial charge in [-0.2, -0.15) is 0 Å². The molecule has 20 heavy (non-hydrogen) atoms. The van der Waals surface area contributed by atoms with Crippen LogP contribution in [0.4, 0.5) is 0 Å². The minimum absolute atomic E-state index is 0.351. The SMILES string of the molecule is CCN1CN(C)/C(=N/[N+](=O)[O-])N(Cc2cnc(Cl)s2)C1. The molecule has 0 aliphatic carbocycles. The molecule has 10 heteroatoms. The first kappa shape index (κ1) is 14.9. The molecule has 1 saturated heterocycles. The third kappa shape index (κ3) is 3.56. The van der Waals surface area contributed by atoms with Gasteiger partial charge in [0.1, 0.15) is 5.10 Å². The number of hydrogen-bond donors (Lipinski definition) is 0. The van der Waals surface area contributed by atoms with Crippen LogP contribution in [0, 0.1) is 10.1 Å². The van der Waals surface area contributed by atoms with Crippen LogP contribution < -0.4 is 0 Å². The number of halogens is 1. The normalized spacial score (nSPS) is 18.9. The highest BCUT2D eigenvalue weighted by molar-refractivity contribution is 7.15. The highest BCUT2D eigenvalue weighted by atomic mass is 35.5. The predicted octanol–water partition coefficient (Wildman–Crippen LogP) is 1.33. The van der Waals surface area contributed by atoms with Gasteiger partial charge >= 0.3 is 0 Å². The van der Waals surface area contributed by atoms with E-state index in [0.717, 1.165) is 11.4 Å². The lowest BCUT2D eigenvalue weighted by molar-refractivity contribution is -0.486. The number of guanidine groups is 1. The van der Waals surface area contributed by atoms with Crippen LogP contribution in [0.25, 0.3) is 0 Å². The topological polar surface area (TPSA) is 78.1 Å².